The van der Waals surface area contributed by atoms with Crippen molar-refractivity contribution in [2.24, 2.45) is 5.92 Å². The predicted molar refractivity (Wildman–Crippen MR) is 81.6 cm³/mol. The second-order valence-corrected chi connectivity index (χ2v) is 6.79. The van der Waals surface area contributed by atoms with Crippen LogP contribution < -0.4 is 4.74 Å². The Hall–Kier alpha value is -1.80. The summed E-state index contributed by atoms with van der Waals surface area (Å²) < 4.78 is 14.5. The van der Waals surface area contributed by atoms with Crippen molar-refractivity contribution in [3.05, 3.63) is 17.3 Å². The summed E-state index contributed by atoms with van der Waals surface area (Å²) in [5.41, 5.74) is 0. The van der Waals surface area contributed by atoms with E-state index in [-0.39, 0.29) is 0 Å². The molecule has 0 bridgehead atoms. The molecule has 110 valence electrons. The number of methoxy groups -OCH3 is 1. The van der Waals surface area contributed by atoms with Crippen molar-refractivity contribution in [3.63, 3.8) is 0 Å². The Morgan fingerprint density at radius 3 is 2.90 bits per heavy atom. The minimum absolute atomic E-state index is 0.491. The predicted octanol–water partition coefficient (Wildman–Crippen LogP) is 3.52. The standard InChI is InChI=1S/C13H14N4O2S2/c1-7(2)4-11-14-6-9(20-11)13-15-12(16-19-13)8-5-10(18-3)17-21-8/h5-7H,4H2,1-3H3. The fourth-order valence-corrected chi connectivity index (χ4v) is 3.42. The number of ether oxygens (including phenoxy) is 1. The Morgan fingerprint density at radius 2 is 2.19 bits per heavy atom. The van der Waals surface area contributed by atoms with Gasteiger partial charge in [-0.25, -0.2) is 4.98 Å². The molecule has 0 N–H and O–H groups in total. The van der Waals surface area contributed by atoms with E-state index in [1.807, 2.05) is 0 Å². The number of hydrogen-bond donors (Lipinski definition) is 0. The van der Waals surface area contributed by atoms with Crippen LogP contribution in [0.2, 0.25) is 0 Å². The molecule has 0 aliphatic heterocycles. The fourth-order valence-electron chi connectivity index (χ4n) is 1.74. The van der Waals surface area contributed by atoms with Crippen molar-refractivity contribution in [3.8, 4) is 27.3 Å². The topological polar surface area (TPSA) is 73.9 Å². The normalized spacial score (nSPS) is 11.2. The van der Waals surface area contributed by atoms with Gasteiger partial charge in [-0.15, -0.1) is 11.3 Å². The highest BCUT2D eigenvalue weighted by Gasteiger charge is 2.16. The first-order valence-corrected chi connectivity index (χ1v) is 8.04. The van der Waals surface area contributed by atoms with E-state index >= 15 is 0 Å². The lowest BCUT2D eigenvalue weighted by molar-refractivity contribution is 0.402. The molecule has 3 rings (SSSR count). The molecule has 0 spiro atoms. The summed E-state index contributed by atoms with van der Waals surface area (Å²) in [6.07, 6.45) is 2.74. The first kappa shape index (κ1) is 14.2. The lowest BCUT2D eigenvalue weighted by Crippen LogP contribution is -1.91. The zero-order valence-electron chi connectivity index (χ0n) is 11.9. The van der Waals surface area contributed by atoms with E-state index in [4.69, 9.17) is 9.26 Å². The van der Waals surface area contributed by atoms with Crippen molar-refractivity contribution in [1.82, 2.24) is 19.5 Å². The van der Waals surface area contributed by atoms with Crippen LogP contribution in [-0.4, -0.2) is 26.6 Å². The second-order valence-electron chi connectivity index (χ2n) is 4.87. The summed E-state index contributed by atoms with van der Waals surface area (Å²) in [7, 11) is 1.58. The van der Waals surface area contributed by atoms with Gasteiger partial charge in [0.05, 0.1) is 23.2 Å². The summed E-state index contributed by atoms with van der Waals surface area (Å²) in [6, 6.07) is 1.79. The first-order valence-electron chi connectivity index (χ1n) is 6.45. The van der Waals surface area contributed by atoms with E-state index in [1.54, 1.807) is 30.7 Å². The van der Waals surface area contributed by atoms with Crippen LogP contribution in [0.3, 0.4) is 0 Å². The molecule has 3 aromatic heterocycles. The molecule has 0 aliphatic carbocycles. The van der Waals surface area contributed by atoms with E-state index in [9.17, 15) is 0 Å². The largest absolute Gasteiger partial charge is 0.480 e. The van der Waals surface area contributed by atoms with Crippen LogP contribution in [0.25, 0.3) is 21.5 Å². The molecule has 0 fully saturated rings. The minimum atomic E-state index is 0.491. The Morgan fingerprint density at radius 1 is 1.33 bits per heavy atom. The SMILES string of the molecule is COc1cc(-c2noc(-c3cnc(CC(C)C)s3)n2)sn1. The van der Waals surface area contributed by atoms with Gasteiger partial charge >= 0.3 is 0 Å². The van der Waals surface area contributed by atoms with Gasteiger partial charge in [-0.1, -0.05) is 19.0 Å². The van der Waals surface area contributed by atoms with E-state index in [1.165, 1.54) is 11.5 Å². The van der Waals surface area contributed by atoms with Gasteiger partial charge < -0.3 is 9.26 Å². The highest BCUT2D eigenvalue weighted by molar-refractivity contribution is 7.15. The molecular weight excluding hydrogens is 308 g/mol. The second kappa shape index (κ2) is 5.90. The molecule has 6 nitrogen and oxygen atoms in total. The minimum Gasteiger partial charge on any atom is -0.480 e. The number of thiazole rings is 1. The van der Waals surface area contributed by atoms with Gasteiger partial charge in [-0.2, -0.15) is 9.36 Å². The van der Waals surface area contributed by atoms with E-state index in [0.29, 0.717) is 23.5 Å². The van der Waals surface area contributed by atoms with Crippen molar-refractivity contribution >= 4 is 22.9 Å². The molecule has 0 aliphatic rings. The average molecular weight is 322 g/mol. The van der Waals surface area contributed by atoms with Gasteiger partial charge in [0.25, 0.3) is 5.89 Å². The third-order valence-electron chi connectivity index (χ3n) is 2.69. The van der Waals surface area contributed by atoms with Gasteiger partial charge in [-0.3, -0.25) is 0 Å². The van der Waals surface area contributed by atoms with E-state index in [0.717, 1.165) is 21.2 Å². The Labute approximate surface area is 130 Å². The van der Waals surface area contributed by atoms with E-state index < -0.39 is 0 Å². The molecule has 0 radical (unpaired) electrons. The summed E-state index contributed by atoms with van der Waals surface area (Å²) in [5.74, 6) is 2.14. The summed E-state index contributed by atoms with van der Waals surface area (Å²) >= 11 is 2.87. The van der Waals surface area contributed by atoms with Crippen molar-refractivity contribution in [2.45, 2.75) is 20.3 Å². The van der Waals surface area contributed by atoms with Gasteiger partial charge in [-0.05, 0) is 17.5 Å². The molecule has 0 saturated carbocycles. The van der Waals surface area contributed by atoms with Crippen LogP contribution in [0.1, 0.15) is 18.9 Å². The van der Waals surface area contributed by atoms with Gasteiger partial charge in [0.2, 0.25) is 11.7 Å². The van der Waals surface area contributed by atoms with Gasteiger partial charge in [0, 0.05) is 12.5 Å². The van der Waals surface area contributed by atoms with Crippen LogP contribution in [-0.2, 0) is 6.42 Å². The number of nitrogens with zero attached hydrogens (tertiary/aromatic N) is 4. The van der Waals surface area contributed by atoms with Crippen molar-refractivity contribution < 1.29 is 9.26 Å². The van der Waals surface area contributed by atoms with Gasteiger partial charge in [0.15, 0.2) is 0 Å². The zero-order chi connectivity index (χ0) is 14.8. The van der Waals surface area contributed by atoms with Crippen LogP contribution in [0, 0.1) is 5.92 Å². The Balaban J connectivity index is 1.82. The fraction of sp³-hybridized carbons (Fsp3) is 0.385. The maximum absolute atomic E-state index is 5.31. The molecule has 3 aromatic rings. The molecule has 0 unspecified atom stereocenters. The lowest BCUT2D eigenvalue weighted by Gasteiger charge is -1.97. The average Bonchev–Trinajstić information content (AvgIpc) is 3.17. The van der Waals surface area contributed by atoms with Crippen molar-refractivity contribution in [1.29, 1.82) is 0 Å². The van der Waals surface area contributed by atoms with E-state index in [2.05, 4.69) is 33.3 Å². The number of rotatable bonds is 5. The third kappa shape index (κ3) is 3.11. The van der Waals surface area contributed by atoms with Crippen molar-refractivity contribution in [2.75, 3.05) is 7.11 Å². The monoisotopic (exact) mass is 322 g/mol. The molecule has 8 heteroatoms. The molecule has 0 aromatic carbocycles. The molecule has 21 heavy (non-hydrogen) atoms. The molecule has 0 amide bonds. The molecular formula is C13H14N4O2S2. The summed E-state index contributed by atoms with van der Waals surface area (Å²) in [6.45, 7) is 4.34. The summed E-state index contributed by atoms with van der Waals surface area (Å²) in [4.78, 5) is 10.5. The lowest BCUT2D eigenvalue weighted by atomic mass is 10.1. The van der Waals surface area contributed by atoms with Crippen LogP contribution >= 0.6 is 22.9 Å². The smallest absolute Gasteiger partial charge is 0.269 e. The maximum Gasteiger partial charge on any atom is 0.269 e. The van der Waals surface area contributed by atoms with Crippen LogP contribution in [0.5, 0.6) is 5.88 Å². The molecule has 3 heterocycles. The summed E-state index contributed by atoms with van der Waals surface area (Å²) in [5, 5.41) is 5.07. The maximum atomic E-state index is 5.31. The number of hydrogen-bond acceptors (Lipinski definition) is 8. The number of aromatic nitrogens is 4. The highest BCUT2D eigenvalue weighted by atomic mass is 32.1. The molecule has 0 atom stereocenters. The van der Waals surface area contributed by atoms with Crippen LogP contribution in [0.4, 0.5) is 0 Å². The third-order valence-corrected chi connectivity index (χ3v) is 4.47. The Kier molecular flexibility index (Phi) is 3.98. The molecule has 0 saturated heterocycles. The van der Waals surface area contributed by atoms with Crippen LogP contribution in [0.15, 0.2) is 16.8 Å². The quantitative estimate of drug-likeness (QED) is 0.715. The zero-order valence-corrected chi connectivity index (χ0v) is 13.5. The highest BCUT2D eigenvalue weighted by Crippen LogP contribution is 2.30. The Bertz CT molecular complexity index is 732. The van der Waals surface area contributed by atoms with Gasteiger partial charge in [0.1, 0.15) is 4.88 Å². The first-order chi connectivity index (χ1) is 10.2.